The molecule has 7 heteroatoms. The molecule has 3 unspecified atom stereocenters. The molecular weight excluding hydrogens is 282 g/mol. The van der Waals surface area contributed by atoms with Gasteiger partial charge >= 0.3 is 6.61 Å². The number of carbonyl (C=O) groups is 1. The summed E-state index contributed by atoms with van der Waals surface area (Å²) < 4.78 is 34.0. The van der Waals surface area contributed by atoms with Crippen molar-refractivity contribution in [3.05, 3.63) is 29.8 Å². The van der Waals surface area contributed by atoms with Gasteiger partial charge in [-0.15, -0.1) is 0 Å². The van der Waals surface area contributed by atoms with E-state index in [1.165, 1.54) is 24.3 Å². The molecule has 1 aromatic carbocycles. The maximum Gasteiger partial charge on any atom is 0.387 e. The summed E-state index contributed by atoms with van der Waals surface area (Å²) in [5, 5.41) is 2.77. The van der Waals surface area contributed by atoms with Crippen LogP contribution in [0.3, 0.4) is 0 Å². The van der Waals surface area contributed by atoms with Crippen molar-refractivity contribution in [2.24, 2.45) is 5.73 Å². The molecule has 1 amide bonds. The summed E-state index contributed by atoms with van der Waals surface area (Å²) in [4.78, 5) is 12.1. The number of halogens is 2. The molecule has 5 nitrogen and oxygen atoms in total. The maximum atomic E-state index is 12.2. The van der Waals surface area contributed by atoms with Crippen molar-refractivity contribution >= 4 is 5.91 Å². The van der Waals surface area contributed by atoms with Gasteiger partial charge in [0, 0.05) is 18.2 Å². The highest BCUT2D eigenvalue weighted by Gasteiger charge is 2.40. The molecule has 2 rings (SSSR count). The van der Waals surface area contributed by atoms with Crippen molar-refractivity contribution in [3.8, 4) is 5.75 Å². The lowest BCUT2D eigenvalue weighted by Gasteiger charge is -2.42. The largest absolute Gasteiger partial charge is 0.435 e. The second kappa shape index (κ2) is 6.82. The van der Waals surface area contributed by atoms with Gasteiger partial charge in [-0.05, 0) is 31.5 Å². The van der Waals surface area contributed by atoms with Crippen molar-refractivity contribution < 1.29 is 23.0 Å². The number of nitrogens with one attached hydrogen (secondary N) is 1. The molecule has 1 aliphatic rings. The summed E-state index contributed by atoms with van der Waals surface area (Å²) >= 11 is 0. The quantitative estimate of drug-likeness (QED) is 0.835. The number of rotatable bonds is 6. The minimum absolute atomic E-state index is 0.0584. The van der Waals surface area contributed by atoms with E-state index in [1.807, 2.05) is 6.92 Å². The van der Waals surface area contributed by atoms with Crippen molar-refractivity contribution in [2.45, 2.75) is 38.1 Å². The van der Waals surface area contributed by atoms with Gasteiger partial charge in [-0.1, -0.05) is 6.07 Å². The highest BCUT2D eigenvalue weighted by atomic mass is 19.3. The number of hydrogen-bond acceptors (Lipinski definition) is 4. The summed E-state index contributed by atoms with van der Waals surface area (Å²) in [5.41, 5.74) is 6.09. The fourth-order valence-electron chi connectivity index (χ4n) is 2.28. The van der Waals surface area contributed by atoms with Gasteiger partial charge in [0.15, 0.2) is 0 Å². The zero-order valence-corrected chi connectivity index (χ0v) is 11.6. The van der Waals surface area contributed by atoms with E-state index in [0.29, 0.717) is 13.0 Å². The van der Waals surface area contributed by atoms with Crippen LogP contribution in [0.2, 0.25) is 0 Å². The number of carbonyl (C=O) groups excluding carboxylic acids is 1. The number of hydrogen-bond donors (Lipinski definition) is 2. The highest BCUT2D eigenvalue weighted by molar-refractivity contribution is 5.94. The number of ether oxygens (including phenoxy) is 2. The minimum atomic E-state index is -2.93. The lowest BCUT2D eigenvalue weighted by molar-refractivity contribution is -0.0499. The third-order valence-electron chi connectivity index (χ3n) is 3.37. The third kappa shape index (κ3) is 3.89. The van der Waals surface area contributed by atoms with Gasteiger partial charge in [0.1, 0.15) is 5.75 Å². The van der Waals surface area contributed by atoms with Gasteiger partial charge < -0.3 is 20.5 Å². The fraction of sp³-hybridized carbons (Fsp3) is 0.500. The molecule has 3 N–H and O–H groups in total. The molecule has 0 radical (unpaired) electrons. The molecule has 0 spiro atoms. The van der Waals surface area contributed by atoms with Crippen molar-refractivity contribution in [1.82, 2.24) is 5.32 Å². The Bertz CT molecular complexity index is 497. The summed E-state index contributed by atoms with van der Waals surface area (Å²) in [5.74, 6) is -0.448. The van der Waals surface area contributed by atoms with Crippen LogP contribution in [0.5, 0.6) is 5.75 Å². The van der Waals surface area contributed by atoms with Crippen molar-refractivity contribution in [2.75, 3.05) is 6.61 Å². The highest BCUT2D eigenvalue weighted by Crippen LogP contribution is 2.23. The number of nitrogens with two attached hydrogens (primary N) is 1. The number of alkyl halides is 2. The Kier molecular flexibility index (Phi) is 5.08. The van der Waals surface area contributed by atoms with Crippen LogP contribution in [-0.2, 0) is 4.74 Å². The van der Waals surface area contributed by atoms with Gasteiger partial charge in [-0.25, -0.2) is 0 Å². The molecule has 116 valence electrons. The summed E-state index contributed by atoms with van der Waals surface area (Å²) in [6.07, 6.45) is 0.585. The molecule has 1 fully saturated rings. The van der Waals surface area contributed by atoms with E-state index in [2.05, 4.69) is 10.1 Å². The number of amides is 1. The van der Waals surface area contributed by atoms with Gasteiger partial charge in [0.05, 0.1) is 12.1 Å². The smallest absolute Gasteiger partial charge is 0.387 e. The monoisotopic (exact) mass is 300 g/mol. The van der Waals surface area contributed by atoms with E-state index < -0.39 is 6.61 Å². The first-order valence-electron chi connectivity index (χ1n) is 6.74. The van der Waals surface area contributed by atoms with E-state index in [-0.39, 0.29) is 35.4 Å². The van der Waals surface area contributed by atoms with Crippen LogP contribution in [0.15, 0.2) is 24.3 Å². The summed E-state index contributed by atoms with van der Waals surface area (Å²) in [6, 6.07) is 5.20. The lowest BCUT2D eigenvalue weighted by atomic mass is 9.83. The normalized spacial score (nSPS) is 24.5. The van der Waals surface area contributed by atoms with Gasteiger partial charge in [-0.2, -0.15) is 8.78 Å². The first kappa shape index (κ1) is 15.7. The van der Waals surface area contributed by atoms with Crippen LogP contribution >= 0.6 is 0 Å². The zero-order valence-electron chi connectivity index (χ0n) is 11.6. The maximum absolute atomic E-state index is 12.2. The second-order valence-electron chi connectivity index (χ2n) is 4.80. The molecule has 0 aromatic heterocycles. The average molecular weight is 300 g/mol. The molecule has 0 saturated heterocycles. The Labute approximate surface area is 121 Å². The second-order valence-corrected chi connectivity index (χ2v) is 4.80. The predicted octanol–water partition coefficient (Wildman–Crippen LogP) is 1.52. The minimum Gasteiger partial charge on any atom is -0.435 e. The van der Waals surface area contributed by atoms with Crippen molar-refractivity contribution in [3.63, 3.8) is 0 Å². The van der Waals surface area contributed by atoms with Gasteiger partial charge in [0.25, 0.3) is 5.91 Å². The molecule has 21 heavy (non-hydrogen) atoms. The molecule has 1 aromatic rings. The van der Waals surface area contributed by atoms with Gasteiger partial charge in [-0.3, -0.25) is 4.79 Å². The van der Waals surface area contributed by atoms with Gasteiger partial charge in [0.2, 0.25) is 0 Å². The Balaban J connectivity index is 1.99. The molecule has 3 atom stereocenters. The van der Waals surface area contributed by atoms with Crippen LogP contribution in [0.25, 0.3) is 0 Å². The molecular formula is C14H18F2N2O3. The SMILES string of the molecule is CCOC1CC(N)C1NC(=O)c1cccc(OC(F)F)c1. The Morgan fingerprint density at radius 1 is 1.52 bits per heavy atom. The molecule has 0 aliphatic heterocycles. The fourth-order valence-corrected chi connectivity index (χ4v) is 2.28. The van der Waals surface area contributed by atoms with Crippen molar-refractivity contribution in [1.29, 1.82) is 0 Å². The van der Waals surface area contributed by atoms with E-state index in [0.717, 1.165) is 0 Å². The first-order chi connectivity index (χ1) is 10.0. The lowest BCUT2D eigenvalue weighted by Crippen LogP contribution is -2.64. The summed E-state index contributed by atoms with van der Waals surface area (Å²) in [7, 11) is 0. The van der Waals surface area contributed by atoms with E-state index >= 15 is 0 Å². The van der Waals surface area contributed by atoms with Crippen LogP contribution in [0.1, 0.15) is 23.7 Å². The third-order valence-corrected chi connectivity index (χ3v) is 3.37. The molecule has 0 heterocycles. The van der Waals surface area contributed by atoms with Crippen LogP contribution in [0, 0.1) is 0 Å². The summed E-state index contributed by atoms with van der Waals surface area (Å²) in [6.45, 7) is -0.513. The number of benzene rings is 1. The molecule has 0 bridgehead atoms. The zero-order chi connectivity index (χ0) is 15.4. The van der Waals surface area contributed by atoms with E-state index in [4.69, 9.17) is 10.5 Å². The molecule has 1 saturated carbocycles. The van der Waals surface area contributed by atoms with Crippen LogP contribution in [0.4, 0.5) is 8.78 Å². The Morgan fingerprint density at radius 3 is 2.90 bits per heavy atom. The molecule has 1 aliphatic carbocycles. The first-order valence-corrected chi connectivity index (χ1v) is 6.74. The Hall–Kier alpha value is -1.73. The topological polar surface area (TPSA) is 73.6 Å². The average Bonchev–Trinajstić information content (AvgIpc) is 2.44. The predicted molar refractivity (Wildman–Crippen MR) is 72.3 cm³/mol. The van der Waals surface area contributed by atoms with E-state index in [9.17, 15) is 13.6 Å². The van der Waals surface area contributed by atoms with Crippen LogP contribution in [-0.4, -0.2) is 37.3 Å². The standard InChI is InChI=1S/C14H18F2N2O3/c1-2-20-11-7-10(17)12(11)18-13(19)8-4-3-5-9(6-8)21-14(15)16/h3-6,10-12,14H,2,7,17H2,1H3,(H,18,19). The van der Waals surface area contributed by atoms with E-state index in [1.54, 1.807) is 0 Å². The van der Waals surface area contributed by atoms with Crippen LogP contribution < -0.4 is 15.8 Å². The Morgan fingerprint density at radius 2 is 2.29 bits per heavy atom.